The highest BCUT2D eigenvalue weighted by atomic mass is 19.3. The van der Waals surface area contributed by atoms with Gasteiger partial charge in [0.25, 0.3) is 17.9 Å². The summed E-state index contributed by atoms with van der Waals surface area (Å²) in [5.41, 5.74) is -0.0445. The van der Waals surface area contributed by atoms with Crippen LogP contribution in [0.25, 0.3) is 0 Å². The van der Waals surface area contributed by atoms with Crippen LogP contribution in [0.2, 0.25) is 0 Å². The molecule has 3 aliphatic rings. The summed E-state index contributed by atoms with van der Waals surface area (Å²) in [6.07, 6.45) is 3.67. The average molecular weight is 503 g/mol. The molecule has 1 aliphatic heterocycles. The molecule has 0 radical (unpaired) electrons. The minimum atomic E-state index is -2.94. The molecule has 6 nitrogen and oxygen atoms in total. The maximum absolute atomic E-state index is 14.7. The smallest absolute Gasteiger partial charge is 0.266 e. The molecule has 4 atom stereocenters. The van der Waals surface area contributed by atoms with E-state index < -0.39 is 29.8 Å². The van der Waals surface area contributed by atoms with Crippen molar-refractivity contribution in [3.63, 3.8) is 0 Å². The second-order valence-electron chi connectivity index (χ2n) is 10.7. The van der Waals surface area contributed by atoms with Gasteiger partial charge in [0.2, 0.25) is 0 Å². The number of hydrogen-bond donors (Lipinski definition) is 2. The number of fused-ring (bicyclic) bond motifs is 2. The molecule has 3 fully saturated rings. The van der Waals surface area contributed by atoms with E-state index in [2.05, 4.69) is 22.6 Å². The molecule has 2 saturated carbocycles. The van der Waals surface area contributed by atoms with E-state index in [-0.39, 0.29) is 23.2 Å². The maximum Gasteiger partial charge on any atom is 0.266 e. The molecule has 1 saturated heterocycles. The van der Waals surface area contributed by atoms with Gasteiger partial charge in [-0.25, -0.2) is 13.2 Å². The quantitative estimate of drug-likeness (QED) is 0.566. The van der Waals surface area contributed by atoms with Gasteiger partial charge in [0, 0.05) is 43.0 Å². The van der Waals surface area contributed by atoms with Gasteiger partial charge in [0.05, 0.1) is 22.9 Å². The summed E-state index contributed by atoms with van der Waals surface area (Å²) in [6, 6.07) is 4.71. The van der Waals surface area contributed by atoms with Crippen LogP contribution in [0.15, 0.2) is 35.3 Å². The topological polar surface area (TPSA) is 66.4 Å². The fourth-order valence-corrected chi connectivity index (χ4v) is 6.09. The molecule has 9 heteroatoms. The van der Waals surface area contributed by atoms with E-state index in [9.17, 15) is 22.8 Å². The van der Waals surface area contributed by atoms with Crippen LogP contribution in [0, 0.1) is 17.7 Å². The highest BCUT2D eigenvalue weighted by Crippen LogP contribution is 2.39. The monoisotopic (exact) mass is 502 g/mol. The van der Waals surface area contributed by atoms with Crippen molar-refractivity contribution in [3.05, 3.63) is 63.3 Å². The van der Waals surface area contributed by atoms with Gasteiger partial charge in [-0.05, 0) is 57.9 Å². The molecule has 1 aromatic heterocycles. The lowest BCUT2D eigenvalue weighted by Crippen LogP contribution is -2.47. The Bertz CT molecular complexity index is 1180. The highest BCUT2D eigenvalue weighted by molar-refractivity contribution is 5.99. The number of carbonyl (C=O) groups excluding carboxylic acids is 1. The fourth-order valence-electron chi connectivity index (χ4n) is 6.09. The van der Waals surface area contributed by atoms with Crippen molar-refractivity contribution in [2.75, 3.05) is 25.5 Å². The van der Waals surface area contributed by atoms with Gasteiger partial charge in [-0.15, -0.1) is 0 Å². The van der Waals surface area contributed by atoms with E-state index >= 15 is 0 Å². The summed E-state index contributed by atoms with van der Waals surface area (Å²) in [7, 11) is 2.11. The zero-order chi connectivity index (χ0) is 25.6. The van der Waals surface area contributed by atoms with Crippen molar-refractivity contribution >= 4 is 11.6 Å². The summed E-state index contributed by atoms with van der Waals surface area (Å²) in [5, 5.41) is 6.31. The molecule has 1 unspecified atom stereocenters. The van der Waals surface area contributed by atoms with Crippen LogP contribution in [0.3, 0.4) is 0 Å². The second kappa shape index (κ2) is 9.92. The predicted octanol–water partition coefficient (Wildman–Crippen LogP) is 4.89. The number of anilines is 1. The minimum Gasteiger partial charge on any atom is -0.381 e. The number of aromatic nitrogens is 1. The number of nitrogens with one attached hydrogen (secondary N) is 2. The third-order valence-electron chi connectivity index (χ3n) is 8.24. The number of likely N-dealkylation sites (tertiary alicyclic amines) is 1. The van der Waals surface area contributed by atoms with Crippen molar-refractivity contribution in [2.45, 2.75) is 63.6 Å². The zero-order valence-corrected chi connectivity index (χ0v) is 20.6. The van der Waals surface area contributed by atoms with Gasteiger partial charge in [-0.3, -0.25) is 9.59 Å². The molecule has 1 amide bonds. The Morgan fingerprint density at radius 3 is 2.36 bits per heavy atom. The van der Waals surface area contributed by atoms with Gasteiger partial charge in [0.15, 0.2) is 0 Å². The molecule has 1 aromatic carbocycles. The van der Waals surface area contributed by atoms with E-state index in [1.165, 1.54) is 18.2 Å². The number of rotatable bonds is 7. The van der Waals surface area contributed by atoms with E-state index in [0.717, 1.165) is 51.3 Å². The van der Waals surface area contributed by atoms with Crippen molar-refractivity contribution < 1.29 is 18.0 Å². The van der Waals surface area contributed by atoms with Gasteiger partial charge in [-0.2, -0.15) is 0 Å². The van der Waals surface area contributed by atoms with Crippen LogP contribution in [0.1, 0.15) is 79.0 Å². The molecule has 0 spiro atoms. The normalized spacial score (nSPS) is 25.0. The van der Waals surface area contributed by atoms with Gasteiger partial charge in [-0.1, -0.05) is 18.2 Å². The van der Waals surface area contributed by atoms with Gasteiger partial charge >= 0.3 is 0 Å². The Morgan fingerprint density at radius 1 is 1.08 bits per heavy atom. The first kappa shape index (κ1) is 24.9. The van der Waals surface area contributed by atoms with Crippen LogP contribution >= 0.6 is 0 Å². The predicted molar refractivity (Wildman–Crippen MR) is 132 cm³/mol. The first-order chi connectivity index (χ1) is 17.2. The summed E-state index contributed by atoms with van der Waals surface area (Å²) < 4.78 is 42.7. The van der Waals surface area contributed by atoms with Crippen molar-refractivity contribution in [3.8, 4) is 0 Å². The lowest BCUT2D eigenvalue weighted by molar-refractivity contribution is 0.0938. The van der Waals surface area contributed by atoms with E-state index in [1.807, 2.05) is 0 Å². The number of halogens is 3. The molecule has 2 aromatic rings. The number of alkyl halides is 2. The number of carbonyl (C=O) groups is 1. The molecule has 194 valence electrons. The van der Waals surface area contributed by atoms with E-state index in [4.69, 9.17) is 0 Å². The number of piperidine rings is 1. The molecular weight excluding hydrogens is 469 g/mol. The van der Waals surface area contributed by atoms with Crippen molar-refractivity contribution in [1.29, 1.82) is 0 Å². The summed E-state index contributed by atoms with van der Waals surface area (Å²) in [5.74, 6) is -0.617. The first-order valence-electron chi connectivity index (χ1n) is 12.8. The summed E-state index contributed by atoms with van der Waals surface area (Å²) in [6.45, 7) is 3.50. The van der Waals surface area contributed by atoms with Crippen molar-refractivity contribution in [2.24, 2.45) is 11.8 Å². The SMILES string of the molecule is C[C@@H](NC(=O)c1cn(C2CCC2)c(=O)cc1NC1[C@@H]2CC[C@H]1CN(C)C2)c1cccc(C(F)F)c1F. The molecule has 2 bridgehead atoms. The third-order valence-corrected chi connectivity index (χ3v) is 8.24. The first-order valence-corrected chi connectivity index (χ1v) is 12.8. The lowest BCUT2D eigenvalue weighted by Gasteiger charge is -2.37. The van der Waals surface area contributed by atoms with Gasteiger partial charge < -0.3 is 20.1 Å². The Labute approximate surface area is 208 Å². The van der Waals surface area contributed by atoms with Crippen LogP contribution in [0.4, 0.5) is 18.9 Å². The Morgan fingerprint density at radius 2 is 1.75 bits per heavy atom. The van der Waals surface area contributed by atoms with Crippen LogP contribution in [-0.4, -0.2) is 41.6 Å². The van der Waals surface area contributed by atoms with Crippen molar-refractivity contribution in [1.82, 2.24) is 14.8 Å². The van der Waals surface area contributed by atoms with Crippen LogP contribution < -0.4 is 16.2 Å². The molecule has 2 heterocycles. The van der Waals surface area contributed by atoms with Crippen LogP contribution in [-0.2, 0) is 0 Å². The third kappa shape index (κ3) is 4.65. The highest BCUT2D eigenvalue weighted by Gasteiger charge is 2.41. The number of amides is 1. The molecule has 2 aliphatic carbocycles. The Kier molecular flexibility index (Phi) is 6.85. The summed E-state index contributed by atoms with van der Waals surface area (Å²) in [4.78, 5) is 28.8. The lowest BCUT2D eigenvalue weighted by atomic mass is 9.91. The van der Waals surface area contributed by atoms with Gasteiger partial charge in [0.1, 0.15) is 5.82 Å². The number of benzene rings is 1. The fraction of sp³-hybridized carbons (Fsp3) is 0.556. The largest absolute Gasteiger partial charge is 0.381 e. The van der Waals surface area contributed by atoms with E-state index in [0.29, 0.717) is 23.1 Å². The zero-order valence-electron chi connectivity index (χ0n) is 20.6. The Hall–Kier alpha value is -2.81. The number of hydrogen-bond acceptors (Lipinski definition) is 4. The molecule has 36 heavy (non-hydrogen) atoms. The summed E-state index contributed by atoms with van der Waals surface area (Å²) >= 11 is 0. The Balaban J connectivity index is 1.44. The number of nitrogens with zero attached hydrogens (tertiary/aromatic N) is 2. The molecular formula is C27H33F3N4O2. The maximum atomic E-state index is 14.7. The standard InChI is InChI=1S/C27H33F3N4O2/c1-15(19-7-4-8-20(24(19)28)26(29)30)31-27(36)21-14-34(18-5-3-6-18)23(35)11-22(21)32-25-16-9-10-17(25)13-33(2)12-16/h4,7-8,11,14-18,25-26,32H,3,5-6,9-10,12-13H2,1-2H3,(H,31,36)/t15-,16-,17+,25?/m1/s1. The molecule has 2 N–H and O–H groups in total. The second-order valence-corrected chi connectivity index (χ2v) is 10.7. The molecule has 5 rings (SSSR count). The minimum absolute atomic E-state index is 0.00339. The van der Waals surface area contributed by atoms with Crippen LogP contribution in [0.5, 0.6) is 0 Å². The van der Waals surface area contributed by atoms with E-state index in [1.54, 1.807) is 17.7 Å². The average Bonchev–Trinajstić information content (AvgIpc) is 3.02. The number of pyridine rings is 1.